The summed E-state index contributed by atoms with van der Waals surface area (Å²) in [7, 11) is 1.57. The second-order valence-electron chi connectivity index (χ2n) is 4.71. The standard InChI is InChI=1S/C16H17N5O3/c1-11(20-21-16(23)14-10-17-7-8-18-14)9-15(22)19-12-3-5-13(24-2)6-4-12/h3-10,20H,1-2H3,(H,19,22)(H,21,23). The number of amides is 2. The van der Waals surface area contributed by atoms with Crippen LogP contribution < -0.4 is 20.9 Å². The zero-order chi connectivity index (χ0) is 17.4. The van der Waals surface area contributed by atoms with E-state index in [0.717, 1.165) is 0 Å². The Morgan fingerprint density at radius 3 is 2.50 bits per heavy atom. The van der Waals surface area contributed by atoms with Gasteiger partial charge in [0, 0.05) is 29.9 Å². The Kier molecular flexibility index (Phi) is 5.84. The second kappa shape index (κ2) is 8.28. The summed E-state index contributed by atoms with van der Waals surface area (Å²) in [5.41, 5.74) is 6.31. The van der Waals surface area contributed by atoms with Crippen LogP contribution in [0.3, 0.4) is 0 Å². The van der Waals surface area contributed by atoms with Crippen molar-refractivity contribution in [2.24, 2.45) is 0 Å². The van der Waals surface area contributed by atoms with E-state index < -0.39 is 5.91 Å². The first-order chi connectivity index (χ1) is 11.6. The third-order valence-corrected chi connectivity index (χ3v) is 2.87. The molecule has 0 bridgehead atoms. The molecule has 0 saturated carbocycles. The van der Waals surface area contributed by atoms with Crippen LogP contribution in [0.25, 0.3) is 0 Å². The van der Waals surface area contributed by atoms with E-state index in [0.29, 0.717) is 17.1 Å². The van der Waals surface area contributed by atoms with Crippen molar-refractivity contribution in [3.8, 4) is 5.75 Å². The molecule has 1 aromatic heterocycles. The van der Waals surface area contributed by atoms with Gasteiger partial charge in [-0.25, -0.2) is 4.98 Å². The molecular formula is C16H17N5O3. The molecule has 0 aliphatic rings. The van der Waals surface area contributed by atoms with Crippen LogP contribution in [0.2, 0.25) is 0 Å². The van der Waals surface area contributed by atoms with E-state index in [-0.39, 0.29) is 11.6 Å². The van der Waals surface area contributed by atoms with Crippen molar-refractivity contribution in [2.75, 3.05) is 12.4 Å². The molecule has 0 aliphatic heterocycles. The summed E-state index contributed by atoms with van der Waals surface area (Å²) in [5, 5.41) is 2.70. The fraction of sp³-hybridized carbons (Fsp3) is 0.125. The molecule has 0 aliphatic carbocycles. The van der Waals surface area contributed by atoms with Crippen LogP contribution in [-0.2, 0) is 4.79 Å². The number of carbonyl (C=O) groups excluding carboxylic acids is 2. The van der Waals surface area contributed by atoms with E-state index in [1.165, 1.54) is 24.7 Å². The number of anilines is 1. The molecule has 0 unspecified atom stereocenters. The molecule has 0 atom stereocenters. The lowest BCUT2D eigenvalue weighted by molar-refractivity contribution is -0.112. The van der Waals surface area contributed by atoms with Crippen molar-refractivity contribution >= 4 is 17.5 Å². The van der Waals surface area contributed by atoms with Crippen LogP contribution in [0.1, 0.15) is 17.4 Å². The highest BCUT2D eigenvalue weighted by Gasteiger charge is 2.06. The summed E-state index contributed by atoms with van der Waals surface area (Å²) in [6.07, 6.45) is 5.55. The van der Waals surface area contributed by atoms with Crippen LogP contribution in [0.15, 0.2) is 54.6 Å². The predicted molar refractivity (Wildman–Crippen MR) is 88.0 cm³/mol. The minimum atomic E-state index is -0.452. The van der Waals surface area contributed by atoms with Gasteiger partial charge in [0.05, 0.1) is 13.3 Å². The zero-order valence-corrected chi connectivity index (χ0v) is 13.2. The maximum absolute atomic E-state index is 11.9. The van der Waals surface area contributed by atoms with E-state index in [2.05, 4.69) is 26.1 Å². The Morgan fingerprint density at radius 2 is 1.88 bits per heavy atom. The summed E-state index contributed by atoms with van der Waals surface area (Å²) >= 11 is 0. The van der Waals surface area contributed by atoms with Gasteiger partial charge in [0.2, 0.25) is 5.91 Å². The molecule has 24 heavy (non-hydrogen) atoms. The molecule has 8 heteroatoms. The van der Waals surface area contributed by atoms with Gasteiger partial charge >= 0.3 is 0 Å². The summed E-state index contributed by atoms with van der Waals surface area (Å²) in [5.74, 6) is -0.0848. The SMILES string of the molecule is COc1ccc(NC(=O)C=C(C)NNC(=O)c2cnccn2)cc1. The molecule has 2 rings (SSSR count). The normalized spacial score (nSPS) is 10.7. The third kappa shape index (κ3) is 5.09. The van der Waals surface area contributed by atoms with Crippen molar-refractivity contribution in [3.63, 3.8) is 0 Å². The van der Waals surface area contributed by atoms with Gasteiger partial charge in [-0.1, -0.05) is 0 Å². The number of methoxy groups -OCH3 is 1. The Labute approximate surface area is 138 Å². The number of carbonyl (C=O) groups is 2. The molecule has 0 fully saturated rings. The maximum Gasteiger partial charge on any atom is 0.289 e. The lowest BCUT2D eigenvalue weighted by Gasteiger charge is -2.08. The average molecular weight is 327 g/mol. The van der Waals surface area contributed by atoms with E-state index in [9.17, 15) is 9.59 Å². The van der Waals surface area contributed by atoms with Crippen LogP contribution in [-0.4, -0.2) is 28.9 Å². The highest BCUT2D eigenvalue weighted by molar-refractivity contribution is 5.99. The molecular weight excluding hydrogens is 310 g/mol. The molecule has 1 aromatic carbocycles. The number of rotatable bonds is 6. The van der Waals surface area contributed by atoms with Crippen LogP contribution in [0.4, 0.5) is 5.69 Å². The molecule has 0 saturated heterocycles. The molecule has 2 amide bonds. The number of aromatic nitrogens is 2. The van der Waals surface area contributed by atoms with Crippen molar-refractivity contribution in [1.29, 1.82) is 0 Å². The number of nitrogens with one attached hydrogen (secondary N) is 3. The van der Waals surface area contributed by atoms with Crippen LogP contribution in [0, 0.1) is 0 Å². The van der Waals surface area contributed by atoms with Gasteiger partial charge in [0.15, 0.2) is 0 Å². The second-order valence-corrected chi connectivity index (χ2v) is 4.71. The van der Waals surface area contributed by atoms with Crippen molar-refractivity contribution in [2.45, 2.75) is 6.92 Å². The van der Waals surface area contributed by atoms with Crippen LogP contribution in [0.5, 0.6) is 5.75 Å². The Balaban J connectivity index is 1.85. The van der Waals surface area contributed by atoms with Crippen molar-refractivity contribution in [1.82, 2.24) is 20.8 Å². The highest BCUT2D eigenvalue weighted by Crippen LogP contribution is 2.14. The third-order valence-electron chi connectivity index (χ3n) is 2.87. The summed E-state index contributed by atoms with van der Waals surface area (Å²) in [6, 6.07) is 6.93. The lowest BCUT2D eigenvalue weighted by Crippen LogP contribution is -2.37. The van der Waals surface area contributed by atoms with E-state index in [1.807, 2.05) is 0 Å². The number of allylic oxidation sites excluding steroid dienone is 1. The minimum absolute atomic E-state index is 0.167. The number of ether oxygens (including phenoxy) is 1. The number of nitrogens with zero attached hydrogens (tertiary/aromatic N) is 2. The first kappa shape index (κ1) is 16.9. The maximum atomic E-state index is 11.9. The van der Waals surface area contributed by atoms with Gasteiger partial charge in [-0.2, -0.15) is 0 Å². The molecule has 3 N–H and O–H groups in total. The first-order valence-corrected chi connectivity index (χ1v) is 7.04. The van der Waals surface area contributed by atoms with Crippen molar-refractivity contribution < 1.29 is 14.3 Å². The van der Waals surface area contributed by atoms with Gasteiger partial charge in [-0.15, -0.1) is 0 Å². The van der Waals surface area contributed by atoms with Gasteiger partial charge < -0.3 is 15.5 Å². The smallest absolute Gasteiger partial charge is 0.289 e. The van der Waals surface area contributed by atoms with E-state index in [1.54, 1.807) is 38.3 Å². The van der Waals surface area contributed by atoms with Gasteiger partial charge in [0.1, 0.15) is 11.4 Å². The Morgan fingerprint density at radius 1 is 1.12 bits per heavy atom. The van der Waals surface area contributed by atoms with E-state index >= 15 is 0 Å². The average Bonchev–Trinajstić information content (AvgIpc) is 2.61. The monoisotopic (exact) mass is 327 g/mol. The molecule has 2 aromatic rings. The summed E-state index contributed by atoms with van der Waals surface area (Å²) in [4.78, 5) is 31.3. The Hall–Kier alpha value is -3.42. The quantitative estimate of drug-likeness (QED) is 0.545. The largest absolute Gasteiger partial charge is 0.497 e. The minimum Gasteiger partial charge on any atom is -0.497 e. The fourth-order valence-electron chi connectivity index (χ4n) is 1.72. The zero-order valence-electron chi connectivity index (χ0n) is 13.2. The van der Waals surface area contributed by atoms with Gasteiger partial charge in [0.25, 0.3) is 5.91 Å². The highest BCUT2D eigenvalue weighted by atomic mass is 16.5. The lowest BCUT2D eigenvalue weighted by atomic mass is 10.3. The Bertz CT molecular complexity index is 729. The first-order valence-electron chi connectivity index (χ1n) is 7.04. The number of hydrogen-bond acceptors (Lipinski definition) is 6. The topological polar surface area (TPSA) is 105 Å². The number of benzene rings is 1. The van der Waals surface area contributed by atoms with Crippen molar-refractivity contribution in [3.05, 3.63) is 60.3 Å². The van der Waals surface area contributed by atoms with Gasteiger partial charge in [-0.3, -0.25) is 20.0 Å². The molecule has 0 radical (unpaired) electrons. The molecule has 8 nitrogen and oxygen atoms in total. The van der Waals surface area contributed by atoms with Crippen LogP contribution >= 0.6 is 0 Å². The van der Waals surface area contributed by atoms with Gasteiger partial charge in [-0.05, 0) is 31.2 Å². The number of hydrogen-bond donors (Lipinski definition) is 3. The number of hydrazine groups is 1. The summed E-state index contributed by atoms with van der Waals surface area (Å²) < 4.78 is 5.05. The fourth-order valence-corrected chi connectivity index (χ4v) is 1.72. The molecule has 124 valence electrons. The molecule has 0 spiro atoms. The predicted octanol–water partition coefficient (Wildman–Crippen LogP) is 1.26. The van der Waals surface area contributed by atoms with E-state index in [4.69, 9.17) is 4.74 Å². The summed E-state index contributed by atoms with van der Waals surface area (Å²) in [6.45, 7) is 1.64. The molecule has 1 heterocycles.